The van der Waals surface area contributed by atoms with Crippen molar-refractivity contribution in [3.05, 3.63) is 130 Å². The van der Waals surface area contributed by atoms with Crippen molar-refractivity contribution in [2.24, 2.45) is 0 Å². The monoisotopic (exact) mass is 534 g/mol. The Kier molecular flexibility index (Phi) is 8.03. The van der Waals surface area contributed by atoms with Crippen molar-refractivity contribution in [2.75, 3.05) is 14.2 Å². The smallest absolute Gasteiger partial charge is 0.337 e. The Morgan fingerprint density at radius 1 is 0.600 bits per heavy atom. The molecule has 0 aliphatic carbocycles. The van der Waals surface area contributed by atoms with Crippen molar-refractivity contribution in [3.8, 4) is 11.1 Å². The summed E-state index contributed by atoms with van der Waals surface area (Å²) in [5.41, 5.74) is 8.54. The standard InChI is InChI=1S/C23H19NO3.C10H11NO2/c1-27-23(26)19-11-12-20-14-24(15-21(20)13-19)22(25)18-9-7-17(8-10-18)16-5-3-2-4-6-16;1-13-10(12)7-2-3-8-5-11-6-9(8)4-7/h2-13H,14-15H2,1H3;2-4,11H,5-6H2,1H3. The lowest BCUT2D eigenvalue weighted by Gasteiger charge is -2.15. The van der Waals surface area contributed by atoms with Crippen LogP contribution in [-0.2, 0) is 35.7 Å². The molecule has 1 amide bonds. The van der Waals surface area contributed by atoms with Crippen LogP contribution in [0.2, 0.25) is 0 Å². The normalized spacial score (nSPS) is 13.0. The molecule has 2 aliphatic heterocycles. The van der Waals surface area contributed by atoms with Gasteiger partial charge in [0.25, 0.3) is 5.91 Å². The first-order valence-electron chi connectivity index (χ1n) is 13.0. The van der Waals surface area contributed by atoms with Crippen LogP contribution < -0.4 is 5.32 Å². The van der Waals surface area contributed by atoms with Gasteiger partial charge in [-0.1, -0.05) is 54.6 Å². The van der Waals surface area contributed by atoms with E-state index in [4.69, 9.17) is 4.74 Å². The Labute approximate surface area is 233 Å². The number of benzene rings is 4. The predicted molar refractivity (Wildman–Crippen MR) is 152 cm³/mol. The molecule has 0 saturated carbocycles. The highest BCUT2D eigenvalue weighted by atomic mass is 16.5. The van der Waals surface area contributed by atoms with E-state index in [-0.39, 0.29) is 17.8 Å². The van der Waals surface area contributed by atoms with Gasteiger partial charge in [0.2, 0.25) is 0 Å². The van der Waals surface area contributed by atoms with Gasteiger partial charge in [-0.15, -0.1) is 0 Å². The van der Waals surface area contributed by atoms with Gasteiger partial charge in [0, 0.05) is 31.7 Å². The molecule has 0 atom stereocenters. The van der Waals surface area contributed by atoms with Crippen LogP contribution in [0.1, 0.15) is 53.3 Å². The summed E-state index contributed by atoms with van der Waals surface area (Å²) < 4.78 is 9.40. The fourth-order valence-corrected chi connectivity index (χ4v) is 4.94. The summed E-state index contributed by atoms with van der Waals surface area (Å²) in [6, 6.07) is 28.9. The Bertz CT molecular complexity index is 1550. The third-order valence-corrected chi connectivity index (χ3v) is 7.13. The number of fused-ring (bicyclic) bond motifs is 2. The van der Waals surface area contributed by atoms with Crippen LogP contribution in [0.25, 0.3) is 11.1 Å². The van der Waals surface area contributed by atoms with Gasteiger partial charge in [0.05, 0.1) is 25.3 Å². The summed E-state index contributed by atoms with van der Waals surface area (Å²) >= 11 is 0. The molecule has 2 heterocycles. The molecular formula is C33H30N2O5. The third kappa shape index (κ3) is 5.80. The first kappa shape index (κ1) is 26.8. The molecule has 2 aliphatic rings. The second kappa shape index (κ2) is 12.0. The SMILES string of the molecule is COC(=O)c1ccc2c(c1)CN(C(=O)c1ccc(-c3ccccc3)cc1)C2.COC(=O)c1ccc2c(c1)CNC2. The lowest BCUT2D eigenvalue weighted by atomic mass is 10.0. The number of methoxy groups -OCH3 is 2. The maximum Gasteiger partial charge on any atom is 0.337 e. The fourth-order valence-electron chi connectivity index (χ4n) is 4.94. The van der Waals surface area contributed by atoms with Crippen LogP contribution in [-0.4, -0.2) is 37.0 Å². The maximum absolute atomic E-state index is 12.9. The third-order valence-electron chi connectivity index (χ3n) is 7.13. The number of hydrogen-bond acceptors (Lipinski definition) is 6. The molecule has 4 aromatic rings. The van der Waals surface area contributed by atoms with E-state index >= 15 is 0 Å². The van der Waals surface area contributed by atoms with Crippen molar-refractivity contribution >= 4 is 17.8 Å². The number of carbonyl (C=O) groups is 3. The van der Waals surface area contributed by atoms with E-state index in [1.807, 2.05) is 78.9 Å². The van der Waals surface area contributed by atoms with Gasteiger partial charge in [-0.3, -0.25) is 4.79 Å². The summed E-state index contributed by atoms with van der Waals surface area (Å²) in [7, 11) is 2.76. The summed E-state index contributed by atoms with van der Waals surface area (Å²) in [5, 5.41) is 3.22. The highest BCUT2D eigenvalue weighted by Crippen LogP contribution is 2.27. The molecule has 0 unspecified atom stereocenters. The van der Waals surface area contributed by atoms with Gasteiger partial charge in [0.1, 0.15) is 0 Å². The zero-order chi connectivity index (χ0) is 28.1. The number of rotatable bonds is 4. The maximum atomic E-state index is 12.9. The fraction of sp³-hybridized carbons (Fsp3) is 0.182. The van der Waals surface area contributed by atoms with E-state index in [1.165, 1.54) is 25.3 Å². The summed E-state index contributed by atoms with van der Waals surface area (Å²) in [5.74, 6) is -0.640. The molecule has 7 nitrogen and oxygen atoms in total. The molecule has 1 N–H and O–H groups in total. The van der Waals surface area contributed by atoms with E-state index in [0.717, 1.165) is 35.3 Å². The van der Waals surface area contributed by atoms with Gasteiger partial charge in [0.15, 0.2) is 0 Å². The lowest BCUT2D eigenvalue weighted by molar-refractivity contribution is 0.0591. The molecule has 202 valence electrons. The van der Waals surface area contributed by atoms with E-state index in [0.29, 0.717) is 29.8 Å². The Balaban J connectivity index is 0.000000207. The zero-order valence-electron chi connectivity index (χ0n) is 22.5. The summed E-state index contributed by atoms with van der Waals surface area (Å²) in [6.07, 6.45) is 0. The number of nitrogens with one attached hydrogen (secondary N) is 1. The number of nitrogens with zero attached hydrogens (tertiary/aromatic N) is 1. The molecule has 7 heteroatoms. The minimum absolute atomic E-state index is 0.00886. The Hall–Kier alpha value is -4.75. The zero-order valence-corrected chi connectivity index (χ0v) is 22.5. The average Bonchev–Trinajstić information content (AvgIpc) is 3.67. The van der Waals surface area contributed by atoms with Gasteiger partial charge < -0.3 is 19.7 Å². The molecule has 0 radical (unpaired) electrons. The number of amides is 1. The molecule has 0 fully saturated rings. The second-order valence-electron chi connectivity index (χ2n) is 9.66. The predicted octanol–water partition coefficient (Wildman–Crippen LogP) is 5.37. The summed E-state index contributed by atoms with van der Waals surface area (Å²) in [4.78, 5) is 37.5. The van der Waals surface area contributed by atoms with Crippen LogP contribution in [0, 0.1) is 0 Å². The summed E-state index contributed by atoms with van der Waals surface area (Å²) in [6.45, 7) is 2.80. The minimum Gasteiger partial charge on any atom is -0.465 e. The number of carbonyl (C=O) groups excluding carboxylic acids is 3. The first-order chi connectivity index (χ1) is 19.5. The quantitative estimate of drug-likeness (QED) is 0.354. The minimum atomic E-state index is -0.362. The van der Waals surface area contributed by atoms with E-state index in [9.17, 15) is 14.4 Å². The van der Waals surface area contributed by atoms with Gasteiger partial charge in [-0.05, 0) is 69.8 Å². The molecule has 0 aromatic heterocycles. The largest absolute Gasteiger partial charge is 0.465 e. The van der Waals surface area contributed by atoms with E-state index < -0.39 is 0 Å². The number of hydrogen-bond donors (Lipinski definition) is 1. The first-order valence-corrected chi connectivity index (χ1v) is 13.0. The Morgan fingerprint density at radius 3 is 1.77 bits per heavy atom. The van der Waals surface area contributed by atoms with Crippen LogP contribution in [0.4, 0.5) is 0 Å². The van der Waals surface area contributed by atoms with Crippen LogP contribution in [0.3, 0.4) is 0 Å². The molecule has 4 aromatic carbocycles. The van der Waals surface area contributed by atoms with Crippen molar-refractivity contribution in [2.45, 2.75) is 26.2 Å². The van der Waals surface area contributed by atoms with Gasteiger partial charge in [-0.2, -0.15) is 0 Å². The van der Waals surface area contributed by atoms with E-state index in [1.54, 1.807) is 17.0 Å². The molecule has 0 bridgehead atoms. The molecule has 0 spiro atoms. The highest BCUT2D eigenvalue weighted by Gasteiger charge is 2.25. The lowest BCUT2D eigenvalue weighted by Crippen LogP contribution is -2.25. The van der Waals surface area contributed by atoms with Gasteiger partial charge >= 0.3 is 11.9 Å². The van der Waals surface area contributed by atoms with Crippen molar-refractivity contribution in [1.29, 1.82) is 0 Å². The Morgan fingerprint density at radius 2 is 1.12 bits per heavy atom. The molecule has 6 rings (SSSR count). The van der Waals surface area contributed by atoms with Crippen molar-refractivity contribution in [1.82, 2.24) is 10.2 Å². The molecule has 40 heavy (non-hydrogen) atoms. The van der Waals surface area contributed by atoms with Crippen LogP contribution in [0.5, 0.6) is 0 Å². The topological polar surface area (TPSA) is 84.9 Å². The average molecular weight is 535 g/mol. The van der Waals surface area contributed by atoms with Crippen LogP contribution >= 0.6 is 0 Å². The van der Waals surface area contributed by atoms with E-state index in [2.05, 4.69) is 10.1 Å². The molecule has 0 saturated heterocycles. The van der Waals surface area contributed by atoms with Crippen molar-refractivity contribution < 1.29 is 23.9 Å². The van der Waals surface area contributed by atoms with Crippen LogP contribution in [0.15, 0.2) is 91.0 Å². The van der Waals surface area contributed by atoms with Crippen molar-refractivity contribution in [3.63, 3.8) is 0 Å². The van der Waals surface area contributed by atoms with Gasteiger partial charge in [-0.25, -0.2) is 9.59 Å². The highest BCUT2D eigenvalue weighted by molar-refractivity contribution is 5.95. The molecular weight excluding hydrogens is 504 g/mol. The number of ether oxygens (including phenoxy) is 2. The number of esters is 2. The second-order valence-corrected chi connectivity index (χ2v) is 9.66.